The minimum atomic E-state index is -4.81. The van der Waals surface area contributed by atoms with E-state index in [1.807, 2.05) is 16.7 Å². The van der Waals surface area contributed by atoms with E-state index < -0.39 is 17.8 Å². The maximum absolute atomic E-state index is 12.8. The molecule has 0 fully saturated rings. The molecule has 0 saturated heterocycles. The molecule has 0 radical (unpaired) electrons. The first-order chi connectivity index (χ1) is 18.8. The van der Waals surface area contributed by atoms with Crippen LogP contribution in [0.1, 0.15) is 48.9 Å². The summed E-state index contributed by atoms with van der Waals surface area (Å²) < 4.78 is 55.2. The number of rotatable bonds is 9. The van der Waals surface area contributed by atoms with Crippen molar-refractivity contribution in [2.45, 2.75) is 50.9 Å². The lowest BCUT2D eigenvalue weighted by Crippen LogP contribution is -2.25. The second-order valence-corrected chi connectivity index (χ2v) is 13.0. The van der Waals surface area contributed by atoms with Gasteiger partial charge in [-0.15, -0.1) is 13.2 Å². The van der Waals surface area contributed by atoms with Crippen LogP contribution >= 0.6 is 8.58 Å². The summed E-state index contributed by atoms with van der Waals surface area (Å²) in [4.78, 5) is 24.5. The topological polar surface area (TPSA) is 87.0 Å². The van der Waals surface area contributed by atoms with Crippen molar-refractivity contribution in [3.63, 3.8) is 0 Å². The Labute approximate surface area is 231 Å². The summed E-state index contributed by atoms with van der Waals surface area (Å²) in [7, 11) is 2.02. The third-order valence-electron chi connectivity index (χ3n) is 6.29. The number of aromatic carboxylic acids is 1. The van der Waals surface area contributed by atoms with Crippen molar-refractivity contribution >= 4 is 14.6 Å². The van der Waals surface area contributed by atoms with Crippen molar-refractivity contribution < 1.29 is 37.3 Å². The fraction of sp³-hybridized carbons (Fsp3) is 0.379. The highest BCUT2D eigenvalue weighted by Gasteiger charge is 2.32. The maximum atomic E-state index is 12.8. The third-order valence-corrected chi connectivity index (χ3v) is 7.97. The number of carboxylic acids is 1. The molecule has 0 spiro atoms. The molecular formula is C29H31F3NO6P. The number of fused-ring (bicyclic) bond motifs is 3. The van der Waals surface area contributed by atoms with Gasteiger partial charge < -0.3 is 23.9 Å². The molecule has 4 rings (SSSR count). The molecule has 7 nitrogen and oxygen atoms in total. The summed E-state index contributed by atoms with van der Waals surface area (Å²) in [5, 5.41) is 9.56. The maximum Gasteiger partial charge on any atom is 0.573 e. The predicted octanol–water partition coefficient (Wildman–Crippen LogP) is 6.73. The minimum absolute atomic E-state index is 0.0500. The summed E-state index contributed by atoms with van der Waals surface area (Å²) >= 11 is 0. The number of aromatic nitrogens is 1. The molecule has 2 aromatic carbocycles. The Balaban J connectivity index is 1.86. The lowest BCUT2D eigenvalue weighted by molar-refractivity contribution is -0.274. The zero-order valence-corrected chi connectivity index (χ0v) is 23.6. The summed E-state index contributed by atoms with van der Waals surface area (Å²) in [6.45, 7) is 7.20. The molecule has 0 aliphatic carbocycles. The predicted molar refractivity (Wildman–Crippen MR) is 148 cm³/mol. The lowest BCUT2D eigenvalue weighted by Gasteiger charge is -2.35. The van der Waals surface area contributed by atoms with Gasteiger partial charge in [0, 0.05) is 43.5 Å². The van der Waals surface area contributed by atoms with Crippen LogP contribution in [0.25, 0.3) is 22.4 Å². The Morgan fingerprint density at radius 1 is 1.07 bits per heavy atom. The number of carboxylic acid groups (broad SMARTS) is 1. The quantitative estimate of drug-likeness (QED) is 0.224. The molecule has 1 aliphatic rings. The van der Waals surface area contributed by atoms with Gasteiger partial charge in [-0.2, -0.15) is 0 Å². The Kier molecular flexibility index (Phi) is 8.61. The fourth-order valence-corrected chi connectivity index (χ4v) is 6.38. The molecule has 40 heavy (non-hydrogen) atoms. The van der Waals surface area contributed by atoms with Crippen LogP contribution < -0.4 is 14.9 Å². The van der Waals surface area contributed by atoms with Crippen molar-refractivity contribution in [2.24, 2.45) is 0 Å². The van der Waals surface area contributed by atoms with Gasteiger partial charge in [-0.3, -0.25) is 4.79 Å². The van der Waals surface area contributed by atoms with Gasteiger partial charge in [0.2, 0.25) is 0 Å². The third kappa shape index (κ3) is 7.04. The Bertz CT molecular complexity index is 1440. The number of hydrogen-bond acceptors (Lipinski definition) is 5. The van der Waals surface area contributed by atoms with Crippen LogP contribution in [0.15, 0.2) is 53.5 Å². The molecule has 0 bridgehead atoms. The van der Waals surface area contributed by atoms with E-state index in [1.165, 1.54) is 36.5 Å². The summed E-state index contributed by atoms with van der Waals surface area (Å²) in [6.07, 6.45) is -2.16. The first-order valence-electron chi connectivity index (χ1n) is 12.7. The van der Waals surface area contributed by atoms with Crippen LogP contribution in [0.5, 0.6) is 11.5 Å². The Morgan fingerprint density at radius 3 is 2.38 bits per heavy atom. The SMILES string of the molecule is COCCCOc1cc2c(cc1-c1ccc(OC(F)(F)F)cc1)-c1cc(=O)c(C(=O)O)cn1C(PC(C)(C)C)C2. The van der Waals surface area contributed by atoms with Gasteiger partial charge in [0.05, 0.1) is 18.1 Å². The summed E-state index contributed by atoms with van der Waals surface area (Å²) in [5.74, 6) is -1.16. The number of methoxy groups -OCH3 is 1. The van der Waals surface area contributed by atoms with E-state index in [9.17, 15) is 27.9 Å². The van der Waals surface area contributed by atoms with E-state index in [4.69, 9.17) is 9.47 Å². The standard InChI is InChI=1S/C29H31F3NO6P/c1-28(2,3)40-26-13-18-12-25(38-11-5-10-37-4)21(17-6-8-19(9-7-17)39-29(30,31)32)14-20(18)23-15-24(34)22(27(35)36)16-33(23)26/h6-9,12,14-16,26,40H,5,10-11,13H2,1-4H3,(H,35,36). The molecule has 0 saturated carbocycles. The Hall–Kier alpha value is -3.36. The molecule has 1 aliphatic heterocycles. The molecule has 11 heteroatoms. The second kappa shape index (κ2) is 11.6. The molecule has 0 amide bonds. The van der Waals surface area contributed by atoms with Crippen molar-refractivity contribution in [3.05, 3.63) is 70.0 Å². The highest BCUT2D eigenvalue weighted by molar-refractivity contribution is 7.40. The smallest absolute Gasteiger partial charge is 0.493 e. The van der Waals surface area contributed by atoms with Gasteiger partial charge in [0.1, 0.15) is 17.1 Å². The van der Waals surface area contributed by atoms with E-state index in [1.54, 1.807) is 7.11 Å². The zero-order valence-electron chi connectivity index (χ0n) is 22.6. The minimum Gasteiger partial charge on any atom is -0.493 e. The second-order valence-electron chi connectivity index (χ2n) is 10.5. The van der Waals surface area contributed by atoms with Crippen LogP contribution in [-0.4, -0.2) is 47.5 Å². The van der Waals surface area contributed by atoms with Crippen LogP contribution in [0.3, 0.4) is 0 Å². The molecule has 1 aromatic heterocycles. The number of benzene rings is 2. The lowest BCUT2D eigenvalue weighted by atomic mass is 9.91. The fourth-order valence-electron chi connectivity index (χ4n) is 4.71. The number of pyridine rings is 1. The van der Waals surface area contributed by atoms with E-state index in [0.29, 0.717) is 57.2 Å². The van der Waals surface area contributed by atoms with Gasteiger partial charge in [0.15, 0.2) is 5.43 Å². The molecular weight excluding hydrogens is 546 g/mol. The normalized spacial score (nSPS) is 15.1. The number of carbonyl (C=O) groups is 1. The van der Waals surface area contributed by atoms with Crippen molar-refractivity contribution in [3.8, 4) is 33.9 Å². The van der Waals surface area contributed by atoms with Crippen LogP contribution in [-0.2, 0) is 11.2 Å². The molecule has 2 unspecified atom stereocenters. The molecule has 3 aromatic rings. The average Bonchev–Trinajstić information content (AvgIpc) is 2.84. The largest absolute Gasteiger partial charge is 0.573 e. The average molecular weight is 578 g/mol. The number of halogens is 3. The first kappa shape index (κ1) is 29.6. The Morgan fingerprint density at radius 2 is 1.77 bits per heavy atom. The highest BCUT2D eigenvalue weighted by Crippen LogP contribution is 2.50. The van der Waals surface area contributed by atoms with Gasteiger partial charge in [-0.25, -0.2) is 4.79 Å². The molecule has 214 valence electrons. The van der Waals surface area contributed by atoms with Gasteiger partial charge in [-0.05, 0) is 47.0 Å². The number of nitrogens with zero attached hydrogens (tertiary/aromatic N) is 1. The first-order valence-corrected chi connectivity index (χ1v) is 13.8. The number of hydrogen-bond donors (Lipinski definition) is 1. The number of ether oxygens (including phenoxy) is 3. The molecule has 2 heterocycles. The van der Waals surface area contributed by atoms with E-state index >= 15 is 0 Å². The van der Waals surface area contributed by atoms with Gasteiger partial charge >= 0.3 is 12.3 Å². The van der Waals surface area contributed by atoms with E-state index in [2.05, 4.69) is 25.5 Å². The summed E-state index contributed by atoms with van der Waals surface area (Å²) in [5.41, 5.74) is 2.57. The monoisotopic (exact) mass is 577 g/mol. The van der Waals surface area contributed by atoms with Crippen LogP contribution in [0, 0.1) is 0 Å². The van der Waals surface area contributed by atoms with Crippen molar-refractivity contribution in [1.82, 2.24) is 4.57 Å². The highest BCUT2D eigenvalue weighted by atomic mass is 31.1. The molecule has 1 N–H and O–H groups in total. The molecule has 2 atom stereocenters. The van der Waals surface area contributed by atoms with Gasteiger partial charge in [0.25, 0.3) is 0 Å². The summed E-state index contributed by atoms with van der Waals surface area (Å²) in [6, 6.07) is 10.6. The van der Waals surface area contributed by atoms with Crippen LogP contribution in [0.2, 0.25) is 0 Å². The van der Waals surface area contributed by atoms with Crippen molar-refractivity contribution in [1.29, 1.82) is 0 Å². The van der Waals surface area contributed by atoms with Crippen molar-refractivity contribution in [2.75, 3.05) is 20.3 Å². The van der Waals surface area contributed by atoms with Crippen LogP contribution in [0.4, 0.5) is 13.2 Å². The van der Waals surface area contributed by atoms with E-state index in [0.717, 1.165) is 11.1 Å². The van der Waals surface area contributed by atoms with Gasteiger partial charge in [-0.1, -0.05) is 41.5 Å². The zero-order chi connectivity index (χ0) is 29.2. The number of alkyl halides is 3. The van der Waals surface area contributed by atoms with E-state index in [-0.39, 0.29) is 22.3 Å².